The number of rotatable bonds is 2. The number of hydrogen-bond donors (Lipinski definition) is 2. The zero-order valence-electron chi connectivity index (χ0n) is 13.9. The third-order valence-electron chi connectivity index (χ3n) is 6.81. The fourth-order valence-corrected chi connectivity index (χ4v) is 6.36. The van der Waals surface area contributed by atoms with Crippen LogP contribution in [0.5, 0.6) is 11.5 Å². The van der Waals surface area contributed by atoms with E-state index in [1.54, 1.807) is 18.2 Å². The van der Waals surface area contributed by atoms with Crippen molar-refractivity contribution in [3.05, 3.63) is 48.0 Å². The summed E-state index contributed by atoms with van der Waals surface area (Å²) in [5, 5.41) is 20.3. The van der Waals surface area contributed by atoms with Crippen molar-refractivity contribution in [2.75, 3.05) is 0 Å². The Bertz CT molecular complexity index is 757. The number of phenolic OH excluding ortho intramolecular Hbond substituents is 2. The van der Waals surface area contributed by atoms with Gasteiger partial charge in [-0.05, 0) is 91.0 Å². The second-order valence-electron chi connectivity index (χ2n) is 8.44. The second kappa shape index (κ2) is 5.02. The number of aromatic hydroxyl groups is 2. The van der Waals surface area contributed by atoms with Crippen molar-refractivity contribution < 1.29 is 10.2 Å². The molecule has 4 aliphatic carbocycles. The molecule has 4 fully saturated rings. The van der Waals surface area contributed by atoms with Gasteiger partial charge >= 0.3 is 0 Å². The van der Waals surface area contributed by atoms with Crippen LogP contribution in [0.1, 0.15) is 44.1 Å². The number of phenols is 2. The van der Waals surface area contributed by atoms with E-state index < -0.39 is 0 Å². The molecule has 2 heteroatoms. The lowest BCUT2D eigenvalue weighted by atomic mass is 9.47. The van der Waals surface area contributed by atoms with E-state index in [-0.39, 0.29) is 16.9 Å². The van der Waals surface area contributed by atoms with E-state index in [1.807, 2.05) is 6.07 Å². The number of hydrogen-bond acceptors (Lipinski definition) is 2. The molecule has 0 saturated heterocycles. The summed E-state index contributed by atoms with van der Waals surface area (Å²) >= 11 is 0. The van der Waals surface area contributed by atoms with Crippen molar-refractivity contribution in [3.8, 4) is 22.6 Å². The van der Waals surface area contributed by atoms with Crippen LogP contribution in [-0.2, 0) is 5.41 Å². The highest BCUT2D eigenvalue weighted by Crippen LogP contribution is 2.62. The van der Waals surface area contributed by atoms with Gasteiger partial charge in [-0.3, -0.25) is 0 Å². The molecule has 6 rings (SSSR count). The minimum atomic E-state index is 0.211. The first-order valence-corrected chi connectivity index (χ1v) is 9.25. The molecule has 0 heterocycles. The first-order chi connectivity index (χ1) is 11.6. The molecule has 4 saturated carbocycles. The Hall–Kier alpha value is -1.96. The zero-order valence-corrected chi connectivity index (χ0v) is 13.9. The Morgan fingerprint density at radius 1 is 0.750 bits per heavy atom. The Morgan fingerprint density at radius 2 is 1.38 bits per heavy atom. The Morgan fingerprint density at radius 3 is 2.04 bits per heavy atom. The van der Waals surface area contributed by atoms with Crippen molar-refractivity contribution in [2.45, 2.75) is 43.9 Å². The monoisotopic (exact) mass is 320 g/mol. The highest BCUT2D eigenvalue weighted by atomic mass is 16.3. The summed E-state index contributed by atoms with van der Waals surface area (Å²) in [6.07, 6.45) is 8.19. The molecule has 2 nitrogen and oxygen atoms in total. The molecule has 2 aromatic rings. The van der Waals surface area contributed by atoms with E-state index in [9.17, 15) is 10.2 Å². The van der Waals surface area contributed by atoms with Gasteiger partial charge in [0, 0.05) is 5.56 Å². The molecular formula is C22H24O2. The summed E-state index contributed by atoms with van der Waals surface area (Å²) in [5.41, 5.74) is 3.54. The van der Waals surface area contributed by atoms with Crippen LogP contribution in [0, 0.1) is 17.8 Å². The third-order valence-corrected chi connectivity index (χ3v) is 6.81. The largest absolute Gasteiger partial charge is 0.508 e. The van der Waals surface area contributed by atoms with Crippen LogP contribution in [0.3, 0.4) is 0 Å². The standard InChI is InChI=1S/C22H24O2/c23-17-5-6-21(24)19(10-17)18-3-1-2-4-20(18)22-11-14-7-15(12-22)9-16(8-14)13-22/h1-6,10,14-16,23-24H,7-9,11-13H2. The van der Waals surface area contributed by atoms with Gasteiger partial charge in [0.2, 0.25) is 0 Å². The molecular weight excluding hydrogens is 296 g/mol. The molecule has 0 aromatic heterocycles. The predicted octanol–water partition coefficient (Wildman–Crippen LogP) is 5.23. The van der Waals surface area contributed by atoms with Crippen LogP contribution in [0.2, 0.25) is 0 Å². The van der Waals surface area contributed by atoms with Gasteiger partial charge in [-0.2, -0.15) is 0 Å². The minimum absolute atomic E-state index is 0.211. The first-order valence-electron chi connectivity index (χ1n) is 9.25. The molecule has 124 valence electrons. The van der Waals surface area contributed by atoms with Crippen molar-refractivity contribution in [1.82, 2.24) is 0 Å². The summed E-state index contributed by atoms with van der Waals surface area (Å²) in [5.74, 6) is 3.14. The lowest BCUT2D eigenvalue weighted by molar-refractivity contribution is -0.00492. The maximum atomic E-state index is 10.4. The van der Waals surface area contributed by atoms with E-state index in [2.05, 4.69) is 18.2 Å². The van der Waals surface area contributed by atoms with E-state index in [0.717, 1.165) is 28.9 Å². The van der Waals surface area contributed by atoms with Gasteiger partial charge < -0.3 is 10.2 Å². The SMILES string of the molecule is Oc1ccc(O)c(-c2ccccc2C23CC4CC(CC(C4)C2)C3)c1. The third kappa shape index (κ3) is 2.08. The average molecular weight is 320 g/mol. The van der Waals surface area contributed by atoms with Gasteiger partial charge in [-0.25, -0.2) is 0 Å². The highest BCUT2D eigenvalue weighted by molar-refractivity contribution is 5.75. The highest BCUT2D eigenvalue weighted by Gasteiger charge is 2.52. The molecule has 0 atom stereocenters. The molecule has 0 radical (unpaired) electrons. The van der Waals surface area contributed by atoms with E-state index >= 15 is 0 Å². The summed E-state index contributed by atoms with van der Waals surface area (Å²) in [6, 6.07) is 13.4. The molecule has 24 heavy (non-hydrogen) atoms. The smallest absolute Gasteiger partial charge is 0.123 e. The topological polar surface area (TPSA) is 40.5 Å². The Labute approximate surface area is 143 Å². The first kappa shape index (κ1) is 14.4. The summed E-state index contributed by atoms with van der Waals surface area (Å²) in [7, 11) is 0. The Kier molecular flexibility index (Phi) is 3.01. The summed E-state index contributed by atoms with van der Waals surface area (Å²) < 4.78 is 0. The van der Waals surface area contributed by atoms with Crippen LogP contribution in [0.15, 0.2) is 42.5 Å². The number of benzene rings is 2. The molecule has 2 N–H and O–H groups in total. The molecule has 4 aliphatic rings. The molecule has 0 aliphatic heterocycles. The van der Waals surface area contributed by atoms with E-state index in [0.29, 0.717) is 0 Å². The fourth-order valence-electron chi connectivity index (χ4n) is 6.36. The van der Waals surface area contributed by atoms with Gasteiger partial charge in [-0.15, -0.1) is 0 Å². The normalized spacial score (nSPS) is 33.8. The second-order valence-corrected chi connectivity index (χ2v) is 8.44. The quantitative estimate of drug-likeness (QED) is 0.744. The van der Waals surface area contributed by atoms with Crippen LogP contribution < -0.4 is 0 Å². The van der Waals surface area contributed by atoms with Crippen LogP contribution in [-0.4, -0.2) is 10.2 Å². The molecule has 2 aromatic carbocycles. The lowest BCUT2D eigenvalue weighted by Crippen LogP contribution is -2.48. The van der Waals surface area contributed by atoms with Crippen molar-refractivity contribution in [3.63, 3.8) is 0 Å². The molecule has 4 bridgehead atoms. The molecule has 0 unspecified atom stereocenters. The van der Waals surface area contributed by atoms with Crippen molar-refractivity contribution >= 4 is 0 Å². The maximum Gasteiger partial charge on any atom is 0.123 e. The van der Waals surface area contributed by atoms with Gasteiger partial charge in [0.15, 0.2) is 0 Å². The van der Waals surface area contributed by atoms with Gasteiger partial charge in [-0.1, -0.05) is 24.3 Å². The molecule has 0 amide bonds. The van der Waals surface area contributed by atoms with Gasteiger partial charge in [0.25, 0.3) is 0 Å². The Balaban J connectivity index is 1.66. The van der Waals surface area contributed by atoms with Crippen LogP contribution in [0.25, 0.3) is 11.1 Å². The minimum Gasteiger partial charge on any atom is -0.508 e. The van der Waals surface area contributed by atoms with E-state index in [4.69, 9.17) is 0 Å². The van der Waals surface area contributed by atoms with Crippen molar-refractivity contribution in [1.29, 1.82) is 0 Å². The summed E-state index contributed by atoms with van der Waals surface area (Å²) in [6.45, 7) is 0. The van der Waals surface area contributed by atoms with Crippen LogP contribution >= 0.6 is 0 Å². The molecule has 0 spiro atoms. The fraction of sp³-hybridized carbons (Fsp3) is 0.455. The van der Waals surface area contributed by atoms with E-state index in [1.165, 1.54) is 44.1 Å². The maximum absolute atomic E-state index is 10.4. The zero-order chi connectivity index (χ0) is 16.3. The predicted molar refractivity (Wildman–Crippen MR) is 95.1 cm³/mol. The van der Waals surface area contributed by atoms with Gasteiger partial charge in [0.1, 0.15) is 11.5 Å². The van der Waals surface area contributed by atoms with Gasteiger partial charge in [0.05, 0.1) is 0 Å². The average Bonchev–Trinajstić information content (AvgIpc) is 2.56. The van der Waals surface area contributed by atoms with Crippen LogP contribution in [0.4, 0.5) is 0 Å². The lowest BCUT2D eigenvalue weighted by Gasteiger charge is -2.57. The summed E-state index contributed by atoms with van der Waals surface area (Å²) in [4.78, 5) is 0. The van der Waals surface area contributed by atoms with Crippen molar-refractivity contribution in [2.24, 2.45) is 17.8 Å².